The first-order valence-corrected chi connectivity index (χ1v) is 9.90. The second kappa shape index (κ2) is 8.99. The van der Waals surface area contributed by atoms with Crippen LogP contribution in [0.3, 0.4) is 0 Å². The van der Waals surface area contributed by atoms with E-state index in [0.29, 0.717) is 28.2 Å². The Morgan fingerprint density at radius 2 is 1.73 bits per heavy atom. The van der Waals surface area contributed by atoms with Crippen molar-refractivity contribution in [3.63, 3.8) is 0 Å². The number of rotatable bonds is 7. The third-order valence-corrected chi connectivity index (χ3v) is 5.28. The summed E-state index contributed by atoms with van der Waals surface area (Å²) >= 11 is 0. The molecule has 0 aromatic heterocycles. The zero-order chi connectivity index (χ0) is 23.5. The Balaban J connectivity index is 1.77. The number of nitro groups is 1. The van der Waals surface area contributed by atoms with Crippen LogP contribution in [-0.4, -0.2) is 31.1 Å². The molecule has 0 radical (unpaired) electrons. The summed E-state index contributed by atoms with van der Waals surface area (Å²) in [7, 11) is 2.93. The number of methoxy groups -OCH3 is 2. The Bertz CT molecular complexity index is 1220. The maximum absolute atomic E-state index is 13.0. The molecule has 0 fully saturated rings. The number of esters is 2. The van der Waals surface area contributed by atoms with Crippen molar-refractivity contribution in [1.82, 2.24) is 0 Å². The molecule has 0 aliphatic carbocycles. The molecule has 0 bridgehead atoms. The monoisotopic (exact) mass is 449 g/mol. The molecule has 168 valence electrons. The van der Waals surface area contributed by atoms with E-state index in [1.54, 1.807) is 42.5 Å². The van der Waals surface area contributed by atoms with Crippen LogP contribution in [-0.2, 0) is 9.47 Å². The van der Waals surface area contributed by atoms with Gasteiger partial charge in [0.25, 0.3) is 5.69 Å². The van der Waals surface area contributed by atoms with Gasteiger partial charge in [0, 0.05) is 23.3 Å². The minimum atomic E-state index is -1.08. The highest BCUT2D eigenvalue weighted by atomic mass is 16.6. The van der Waals surface area contributed by atoms with E-state index >= 15 is 0 Å². The Morgan fingerprint density at radius 1 is 1.00 bits per heavy atom. The van der Waals surface area contributed by atoms with E-state index in [2.05, 4.69) is 0 Å². The first-order valence-electron chi connectivity index (χ1n) is 9.90. The van der Waals surface area contributed by atoms with E-state index in [0.717, 1.165) is 0 Å². The number of nitro benzene ring substituents is 1. The summed E-state index contributed by atoms with van der Waals surface area (Å²) in [5.41, 5.74) is 1.32. The van der Waals surface area contributed by atoms with Gasteiger partial charge in [0.05, 0.1) is 30.3 Å². The molecule has 0 saturated heterocycles. The smallest absolute Gasteiger partial charge is 0.339 e. The van der Waals surface area contributed by atoms with Gasteiger partial charge in [-0.2, -0.15) is 0 Å². The van der Waals surface area contributed by atoms with Gasteiger partial charge in [-0.15, -0.1) is 0 Å². The number of carbonyl (C=O) groups excluding carboxylic acids is 2. The molecule has 2 unspecified atom stereocenters. The highest BCUT2D eigenvalue weighted by Gasteiger charge is 2.41. The topological polar surface area (TPSA) is 114 Å². The minimum Gasteiger partial charge on any atom is -0.493 e. The number of carbonyl (C=O) groups is 2. The van der Waals surface area contributed by atoms with Crippen molar-refractivity contribution in [2.75, 3.05) is 14.2 Å². The molecule has 0 N–H and O–H groups in total. The van der Waals surface area contributed by atoms with Gasteiger partial charge in [-0.05, 0) is 24.3 Å². The van der Waals surface area contributed by atoms with Crippen molar-refractivity contribution in [2.45, 2.75) is 12.2 Å². The first kappa shape index (κ1) is 21.8. The average molecular weight is 449 g/mol. The van der Waals surface area contributed by atoms with E-state index in [9.17, 15) is 19.7 Å². The standard InChI is InChI=1S/C24H19NO8/c1-30-19-9-5-8-18(20(19)31-2)22(21-16-6-3-4-7-17(16)24(27)33-21)32-23(26)14-10-12-15(13-11-14)25(28)29/h3-13,21-22H,1-2H3. The number of para-hydroxylation sites is 1. The Morgan fingerprint density at radius 3 is 2.39 bits per heavy atom. The second-order valence-corrected chi connectivity index (χ2v) is 7.13. The lowest BCUT2D eigenvalue weighted by Crippen LogP contribution is -2.20. The van der Waals surface area contributed by atoms with E-state index in [1.807, 2.05) is 0 Å². The predicted molar refractivity (Wildman–Crippen MR) is 115 cm³/mol. The number of nitrogens with zero attached hydrogens (tertiary/aromatic N) is 1. The van der Waals surface area contributed by atoms with Crippen LogP contribution in [0.4, 0.5) is 5.69 Å². The summed E-state index contributed by atoms with van der Waals surface area (Å²) in [5, 5.41) is 10.9. The normalized spacial score (nSPS) is 15.2. The Hall–Kier alpha value is -4.40. The number of non-ortho nitro benzene ring substituents is 1. The van der Waals surface area contributed by atoms with E-state index < -0.39 is 29.1 Å². The molecule has 3 aromatic rings. The third kappa shape index (κ3) is 4.08. The molecule has 9 heteroatoms. The van der Waals surface area contributed by atoms with Crippen LogP contribution in [0.15, 0.2) is 66.7 Å². The fourth-order valence-corrected chi connectivity index (χ4v) is 3.73. The van der Waals surface area contributed by atoms with E-state index in [4.69, 9.17) is 18.9 Å². The molecule has 33 heavy (non-hydrogen) atoms. The lowest BCUT2D eigenvalue weighted by Gasteiger charge is -2.26. The van der Waals surface area contributed by atoms with Crippen molar-refractivity contribution in [3.8, 4) is 11.5 Å². The van der Waals surface area contributed by atoms with E-state index in [-0.39, 0.29) is 11.3 Å². The summed E-state index contributed by atoms with van der Waals surface area (Å²) in [6, 6.07) is 16.9. The largest absolute Gasteiger partial charge is 0.493 e. The zero-order valence-corrected chi connectivity index (χ0v) is 17.7. The van der Waals surface area contributed by atoms with Gasteiger partial charge in [-0.1, -0.05) is 30.3 Å². The fraction of sp³-hybridized carbons (Fsp3) is 0.167. The van der Waals surface area contributed by atoms with Gasteiger partial charge >= 0.3 is 11.9 Å². The number of benzene rings is 3. The molecule has 1 heterocycles. The van der Waals surface area contributed by atoms with Crippen molar-refractivity contribution < 1.29 is 33.5 Å². The second-order valence-electron chi connectivity index (χ2n) is 7.13. The molecule has 1 aliphatic heterocycles. The third-order valence-electron chi connectivity index (χ3n) is 5.28. The summed E-state index contributed by atoms with van der Waals surface area (Å²) in [5.74, 6) is -0.556. The maximum atomic E-state index is 13.0. The van der Waals surface area contributed by atoms with Crippen LogP contribution < -0.4 is 9.47 Å². The van der Waals surface area contributed by atoms with Crippen LogP contribution in [0.1, 0.15) is 44.1 Å². The lowest BCUT2D eigenvalue weighted by molar-refractivity contribution is -0.384. The van der Waals surface area contributed by atoms with Gasteiger partial charge in [-0.3, -0.25) is 10.1 Å². The molecule has 0 amide bonds. The van der Waals surface area contributed by atoms with Crippen LogP contribution >= 0.6 is 0 Å². The summed E-state index contributed by atoms with van der Waals surface area (Å²) < 4.78 is 22.3. The molecule has 0 spiro atoms. The highest BCUT2D eigenvalue weighted by Crippen LogP contribution is 2.46. The maximum Gasteiger partial charge on any atom is 0.339 e. The van der Waals surface area contributed by atoms with Crippen LogP contribution in [0.5, 0.6) is 11.5 Å². The van der Waals surface area contributed by atoms with Crippen LogP contribution in [0, 0.1) is 10.1 Å². The minimum absolute atomic E-state index is 0.102. The molecule has 4 rings (SSSR count). The van der Waals surface area contributed by atoms with Gasteiger partial charge < -0.3 is 18.9 Å². The summed E-state index contributed by atoms with van der Waals surface area (Å²) in [6.07, 6.45) is -2.01. The molecular weight excluding hydrogens is 430 g/mol. The molecule has 1 aliphatic rings. The number of hydrogen-bond donors (Lipinski definition) is 0. The summed E-state index contributed by atoms with van der Waals surface area (Å²) in [6.45, 7) is 0. The number of cyclic esters (lactones) is 1. The van der Waals surface area contributed by atoms with E-state index in [1.165, 1.54) is 38.5 Å². The van der Waals surface area contributed by atoms with Crippen molar-refractivity contribution in [2.24, 2.45) is 0 Å². The van der Waals surface area contributed by atoms with Gasteiger partial charge in [0.2, 0.25) is 0 Å². The van der Waals surface area contributed by atoms with Crippen molar-refractivity contribution >= 4 is 17.6 Å². The van der Waals surface area contributed by atoms with Gasteiger partial charge in [0.1, 0.15) is 0 Å². The molecule has 3 aromatic carbocycles. The molecular formula is C24H19NO8. The van der Waals surface area contributed by atoms with Crippen molar-refractivity contribution in [3.05, 3.63) is 99.1 Å². The van der Waals surface area contributed by atoms with Gasteiger partial charge in [-0.25, -0.2) is 9.59 Å². The predicted octanol–water partition coefficient (Wildman–Crippen LogP) is 4.42. The number of ether oxygens (including phenoxy) is 4. The van der Waals surface area contributed by atoms with Crippen LogP contribution in [0.25, 0.3) is 0 Å². The van der Waals surface area contributed by atoms with Gasteiger partial charge in [0.15, 0.2) is 23.7 Å². The Kier molecular flexibility index (Phi) is 5.95. The number of hydrogen-bond acceptors (Lipinski definition) is 8. The first-order chi connectivity index (χ1) is 15.9. The molecule has 9 nitrogen and oxygen atoms in total. The SMILES string of the molecule is COc1cccc(C(OC(=O)c2ccc([N+](=O)[O-])cc2)C2OC(=O)c3ccccc32)c1OC. The fourth-order valence-electron chi connectivity index (χ4n) is 3.73. The van der Waals surface area contributed by atoms with Crippen molar-refractivity contribution in [1.29, 1.82) is 0 Å². The van der Waals surface area contributed by atoms with Crippen LogP contribution in [0.2, 0.25) is 0 Å². The Labute approximate surface area is 188 Å². The molecule has 0 saturated carbocycles. The highest BCUT2D eigenvalue weighted by molar-refractivity contribution is 5.94. The molecule has 2 atom stereocenters. The average Bonchev–Trinajstić information content (AvgIpc) is 3.18. The zero-order valence-electron chi connectivity index (χ0n) is 17.7. The number of fused-ring (bicyclic) bond motifs is 1. The lowest BCUT2D eigenvalue weighted by atomic mass is 9.95. The summed E-state index contributed by atoms with van der Waals surface area (Å²) in [4.78, 5) is 35.8. The quantitative estimate of drug-likeness (QED) is 0.296.